The van der Waals surface area contributed by atoms with Gasteiger partial charge in [-0.25, -0.2) is 0 Å². The summed E-state index contributed by atoms with van der Waals surface area (Å²) in [6, 6.07) is 0. The molecule has 64 valence electrons. The lowest BCUT2D eigenvalue weighted by atomic mass is 10.3. The van der Waals surface area contributed by atoms with Crippen molar-refractivity contribution in [3.8, 4) is 0 Å². The second-order valence-corrected chi connectivity index (χ2v) is 2.22. The molecule has 0 aromatic carbocycles. The number of rotatable bonds is 4. The second kappa shape index (κ2) is 5.92. The molecule has 0 radical (unpaired) electrons. The van der Waals surface area contributed by atoms with Crippen molar-refractivity contribution in [3.63, 3.8) is 0 Å². The third-order valence-corrected chi connectivity index (χ3v) is 1.38. The lowest BCUT2D eigenvalue weighted by Gasteiger charge is -2.02. The van der Waals surface area contributed by atoms with Crippen molar-refractivity contribution in [2.24, 2.45) is 0 Å². The number of methoxy groups -OCH3 is 1. The molecule has 0 aliphatic rings. The summed E-state index contributed by atoms with van der Waals surface area (Å²) in [4.78, 5) is 11.0. The third-order valence-electron chi connectivity index (χ3n) is 1.38. The molecule has 1 amide bonds. The molecular formula is C8H15NO2. The van der Waals surface area contributed by atoms with Gasteiger partial charge in [0.2, 0.25) is 5.91 Å². The fraction of sp³-hybridized carbons (Fsp3) is 0.625. The van der Waals surface area contributed by atoms with Crippen LogP contribution in [0.2, 0.25) is 0 Å². The topological polar surface area (TPSA) is 38.3 Å². The molecule has 0 unspecified atom stereocenters. The first kappa shape index (κ1) is 10.2. The summed E-state index contributed by atoms with van der Waals surface area (Å²) in [5.41, 5.74) is 0.737. The molecular weight excluding hydrogens is 142 g/mol. The minimum absolute atomic E-state index is 0.0236. The average Bonchev–Trinajstić information content (AvgIpc) is 2.03. The van der Waals surface area contributed by atoms with E-state index in [0.29, 0.717) is 13.2 Å². The monoisotopic (exact) mass is 157 g/mol. The van der Waals surface area contributed by atoms with E-state index in [9.17, 15) is 4.79 Å². The molecule has 0 aromatic rings. The minimum atomic E-state index is -0.0236. The van der Waals surface area contributed by atoms with Crippen molar-refractivity contribution in [1.82, 2.24) is 5.32 Å². The maximum atomic E-state index is 11.0. The SMILES string of the molecule is CC=C(C)C(=O)NCCOC. The van der Waals surface area contributed by atoms with Crippen LogP contribution in [0.25, 0.3) is 0 Å². The fourth-order valence-electron chi connectivity index (χ4n) is 0.537. The van der Waals surface area contributed by atoms with Crippen molar-refractivity contribution in [3.05, 3.63) is 11.6 Å². The summed E-state index contributed by atoms with van der Waals surface area (Å²) in [7, 11) is 1.61. The zero-order valence-corrected chi connectivity index (χ0v) is 7.31. The van der Waals surface area contributed by atoms with Gasteiger partial charge in [0.05, 0.1) is 6.61 Å². The summed E-state index contributed by atoms with van der Waals surface area (Å²) in [5.74, 6) is -0.0236. The zero-order valence-electron chi connectivity index (χ0n) is 7.31. The number of allylic oxidation sites excluding steroid dienone is 1. The van der Waals surface area contributed by atoms with Gasteiger partial charge in [0.1, 0.15) is 0 Å². The van der Waals surface area contributed by atoms with Gasteiger partial charge in [-0.2, -0.15) is 0 Å². The Hall–Kier alpha value is -0.830. The summed E-state index contributed by atoms with van der Waals surface area (Å²) in [5, 5.41) is 2.70. The van der Waals surface area contributed by atoms with E-state index in [0.717, 1.165) is 5.57 Å². The highest BCUT2D eigenvalue weighted by Gasteiger charge is 1.99. The molecule has 0 rings (SSSR count). The molecule has 0 heterocycles. The van der Waals surface area contributed by atoms with Gasteiger partial charge in [-0.05, 0) is 13.8 Å². The van der Waals surface area contributed by atoms with Crippen LogP contribution in [-0.4, -0.2) is 26.2 Å². The quantitative estimate of drug-likeness (QED) is 0.482. The van der Waals surface area contributed by atoms with E-state index in [-0.39, 0.29) is 5.91 Å². The molecule has 1 N–H and O–H groups in total. The van der Waals surface area contributed by atoms with Crippen LogP contribution in [0, 0.1) is 0 Å². The highest BCUT2D eigenvalue weighted by molar-refractivity contribution is 5.92. The highest BCUT2D eigenvalue weighted by Crippen LogP contribution is 1.89. The Morgan fingerprint density at radius 1 is 1.64 bits per heavy atom. The molecule has 0 atom stereocenters. The first-order valence-electron chi connectivity index (χ1n) is 3.62. The Balaban J connectivity index is 3.53. The number of ether oxygens (including phenoxy) is 1. The first-order chi connectivity index (χ1) is 5.22. The number of carbonyl (C=O) groups is 1. The second-order valence-electron chi connectivity index (χ2n) is 2.22. The maximum absolute atomic E-state index is 11.0. The van der Waals surface area contributed by atoms with Gasteiger partial charge < -0.3 is 10.1 Å². The van der Waals surface area contributed by atoms with Gasteiger partial charge in [-0.3, -0.25) is 4.79 Å². The van der Waals surface area contributed by atoms with E-state index < -0.39 is 0 Å². The normalized spacial score (nSPS) is 11.4. The van der Waals surface area contributed by atoms with Crippen molar-refractivity contribution in [2.45, 2.75) is 13.8 Å². The third kappa shape index (κ3) is 4.56. The zero-order chi connectivity index (χ0) is 8.69. The lowest BCUT2D eigenvalue weighted by molar-refractivity contribution is -0.117. The van der Waals surface area contributed by atoms with Crippen molar-refractivity contribution in [1.29, 1.82) is 0 Å². The molecule has 3 nitrogen and oxygen atoms in total. The number of amides is 1. The van der Waals surface area contributed by atoms with Crippen molar-refractivity contribution < 1.29 is 9.53 Å². The smallest absolute Gasteiger partial charge is 0.246 e. The minimum Gasteiger partial charge on any atom is -0.383 e. The first-order valence-corrected chi connectivity index (χ1v) is 3.62. The van der Waals surface area contributed by atoms with Crippen LogP contribution in [0.4, 0.5) is 0 Å². The van der Waals surface area contributed by atoms with Crippen LogP contribution >= 0.6 is 0 Å². The number of nitrogens with one attached hydrogen (secondary N) is 1. The van der Waals surface area contributed by atoms with Gasteiger partial charge in [0.15, 0.2) is 0 Å². The van der Waals surface area contributed by atoms with Gasteiger partial charge in [-0.1, -0.05) is 6.08 Å². The molecule has 0 aliphatic carbocycles. The Morgan fingerprint density at radius 2 is 2.27 bits per heavy atom. The maximum Gasteiger partial charge on any atom is 0.246 e. The largest absolute Gasteiger partial charge is 0.383 e. The van der Waals surface area contributed by atoms with Crippen LogP contribution < -0.4 is 5.32 Å². The highest BCUT2D eigenvalue weighted by atomic mass is 16.5. The van der Waals surface area contributed by atoms with Crippen LogP contribution in [0.15, 0.2) is 11.6 Å². The van der Waals surface area contributed by atoms with Crippen LogP contribution in [0.5, 0.6) is 0 Å². The van der Waals surface area contributed by atoms with E-state index in [4.69, 9.17) is 4.74 Å². The average molecular weight is 157 g/mol. The summed E-state index contributed by atoms with van der Waals surface area (Å²) < 4.78 is 4.77. The number of hydrogen-bond acceptors (Lipinski definition) is 2. The Labute approximate surface area is 67.4 Å². The predicted molar refractivity (Wildman–Crippen MR) is 44.3 cm³/mol. The van der Waals surface area contributed by atoms with E-state index in [1.54, 1.807) is 20.1 Å². The molecule has 0 bridgehead atoms. The molecule has 0 saturated heterocycles. The Kier molecular flexibility index (Phi) is 5.47. The molecule has 0 fully saturated rings. The van der Waals surface area contributed by atoms with Crippen LogP contribution in [-0.2, 0) is 9.53 Å². The fourth-order valence-corrected chi connectivity index (χ4v) is 0.537. The molecule has 0 aliphatic heterocycles. The van der Waals surface area contributed by atoms with Crippen molar-refractivity contribution in [2.75, 3.05) is 20.3 Å². The van der Waals surface area contributed by atoms with Gasteiger partial charge in [-0.15, -0.1) is 0 Å². The predicted octanol–water partition coefficient (Wildman–Crippen LogP) is 0.715. The summed E-state index contributed by atoms with van der Waals surface area (Å²) >= 11 is 0. The van der Waals surface area contributed by atoms with E-state index in [1.807, 2.05) is 6.92 Å². The van der Waals surface area contributed by atoms with E-state index >= 15 is 0 Å². The van der Waals surface area contributed by atoms with Crippen molar-refractivity contribution >= 4 is 5.91 Å². The molecule has 3 heteroatoms. The van der Waals surface area contributed by atoms with Crippen LogP contribution in [0.1, 0.15) is 13.8 Å². The Morgan fingerprint density at radius 3 is 2.73 bits per heavy atom. The summed E-state index contributed by atoms with van der Waals surface area (Å²) in [6.07, 6.45) is 1.78. The standard InChI is InChI=1S/C8H15NO2/c1-4-7(2)8(10)9-5-6-11-3/h4H,5-6H2,1-3H3,(H,9,10). The Bertz CT molecular complexity index is 152. The van der Waals surface area contributed by atoms with Gasteiger partial charge >= 0.3 is 0 Å². The molecule has 0 spiro atoms. The number of hydrogen-bond donors (Lipinski definition) is 1. The van der Waals surface area contributed by atoms with E-state index in [2.05, 4.69) is 5.32 Å². The van der Waals surface area contributed by atoms with Gasteiger partial charge in [0, 0.05) is 19.2 Å². The lowest BCUT2D eigenvalue weighted by Crippen LogP contribution is -2.27. The van der Waals surface area contributed by atoms with Crippen LogP contribution in [0.3, 0.4) is 0 Å². The molecule has 0 aromatic heterocycles. The molecule has 11 heavy (non-hydrogen) atoms. The summed E-state index contributed by atoms with van der Waals surface area (Å²) in [6.45, 7) is 4.75. The number of carbonyl (C=O) groups excluding carboxylic acids is 1. The molecule has 0 saturated carbocycles. The van der Waals surface area contributed by atoms with Gasteiger partial charge in [0.25, 0.3) is 0 Å². The van der Waals surface area contributed by atoms with E-state index in [1.165, 1.54) is 0 Å².